The standard InChI is InChI=1S/C47H76O18/c1-42(2)12-14-47(41(59)65-39-35(58)32(55)30(53)25(18-48)61-39)15-13-45(6)21(22(47)16-42)8-9-28-44(5)17-23(50)37(43(3,4)27(44)10-11-46(28,45)7)64-40-36(33(56)31(54)26(19-49)62-40)63-38-34(57)29(52)24(51)20-60-38/h8,22-40,48-58H,9-20H2,1-7H3/t22-,23-,24-,25+,26+,27-,28+,29-,30+,31+,32-,33-,34+,35+,36+,37-,38-,39-,40-,44-,45+,46+,47-/m0/s1. The van der Waals surface area contributed by atoms with Crippen LogP contribution in [0.3, 0.4) is 0 Å². The highest BCUT2D eigenvalue weighted by Crippen LogP contribution is 2.76. The molecule has 0 aromatic rings. The Morgan fingerprint density at radius 2 is 1.28 bits per heavy atom. The fraction of sp³-hybridized carbons (Fsp3) is 0.936. The summed E-state index contributed by atoms with van der Waals surface area (Å²) in [6, 6.07) is 0. The number of carbonyl (C=O) groups is 1. The van der Waals surface area contributed by atoms with E-state index in [0.29, 0.717) is 32.1 Å². The summed E-state index contributed by atoms with van der Waals surface area (Å²) in [5, 5.41) is 117. The minimum absolute atomic E-state index is 0.0112. The number of rotatable bonds is 8. The molecule has 0 unspecified atom stereocenters. The highest BCUT2D eigenvalue weighted by Gasteiger charge is 2.71. The van der Waals surface area contributed by atoms with E-state index in [1.807, 2.05) is 0 Å². The molecule has 3 saturated heterocycles. The van der Waals surface area contributed by atoms with Crippen molar-refractivity contribution in [3.8, 4) is 0 Å². The fourth-order valence-electron chi connectivity index (χ4n) is 14.9. The van der Waals surface area contributed by atoms with Crippen LogP contribution in [0.1, 0.15) is 106 Å². The first-order valence-corrected chi connectivity index (χ1v) is 23.8. The second-order valence-electron chi connectivity index (χ2n) is 23.2. The topological polar surface area (TPSA) is 295 Å². The third-order valence-electron chi connectivity index (χ3n) is 18.9. The van der Waals surface area contributed by atoms with Gasteiger partial charge >= 0.3 is 5.97 Å². The van der Waals surface area contributed by atoms with E-state index in [-0.39, 0.29) is 40.6 Å². The van der Waals surface area contributed by atoms with E-state index in [9.17, 15) is 61.0 Å². The van der Waals surface area contributed by atoms with Crippen LogP contribution in [-0.2, 0) is 33.2 Å². The van der Waals surface area contributed by atoms with E-state index in [1.165, 1.54) is 5.57 Å². The molecule has 18 heteroatoms. The van der Waals surface area contributed by atoms with Gasteiger partial charge in [-0.15, -0.1) is 0 Å². The van der Waals surface area contributed by atoms with Crippen LogP contribution in [-0.4, -0.2) is 180 Å². The van der Waals surface area contributed by atoms with Gasteiger partial charge in [-0.2, -0.15) is 0 Å². The normalized spacial score (nSPS) is 53.9. The van der Waals surface area contributed by atoms with Gasteiger partial charge in [0.15, 0.2) is 12.6 Å². The predicted octanol–water partition coefficient (Wildman–Crippen LogP) is -0.250. The summed E-state index contributed by atoms with van der Waals surface area (Å²) in [6.07, 6.45) is -15.2. The Labute approximate surface area is 380 Å². The molecule has 3 heterocycles. The number of fused-ring (bicyclic) bond motifs is 7. The molecule has 0 bridgehead atoms. The molecule has 23 atom stereocenters. The monoisotopic (exact) mass is 929 g/mol. The lowest BCUT2D eigenvalue weighted by molar-refractivity contribution is -0.375. The molecule has 7 fully saturated rings. The predicted molar refractivity (Wildman–Crippen MR) is 226 cm³/mol. The minimum Gasteiger partial charge on any atom is -0.432 e. The number of aliphatic hydroxyl groups is 11. The van der Waals surface area contributed by atoms with Crippen LogP contribution in [0.25, 0.3) is 0 Å². The Hall–Kier alpha value is -1.43. The van der Waals surface area contributed by atoms with Gasteiger partial charge in [0.25, 0.3) is 0 Å². The lowest BCUT2D eigenvalue weighted by Gasteiger charge is -2.71. The first-order chi connectivity index (χ1) is 30.3. The maximum absolute atomic E-state index is 14.7. The van der Waals surface area contributed by atoms with Gasteiger partial charge in [-0.25, -0.2) is 0 Å². The fourth-order valence-corrected chi connectivity index (χ4v) is 14.9. The largest absolute Gasteiger partial charge is 0.432 e. The third-order valence-corrected chi connectivity index (χ3v) is 18.9. The van der Waals surface area contributed by atoms with Crippen molar-refractivity contribution in [3.05, 3.63) is 11.6 Å². The number of hydrogen-bond donors (Lipinski definition) is 11. The van der Waals surface area contributed by atoms with Crippen molar-refractivity contribution in [2.75, 3.05) is 19.8 Å². The zero-order chi connectivity index (χ0) is 47.6. The highest BCUT2D eigenvalue weighted by atomic mass is 16.8. The molecule has 18 nitrogen and oxygen atoms in total. The Morgan fingerprint density at radius 1 is 0.662 bits per heavy atom. The van der Waals surface area contributed by atoms with E-state index in [1.54, 1.807) is 0 Å². The van der Waals surface area contributed by atoms with Gasteiger partial charge in [-0.1, -0.05) is 60.1 Å². The summed E-state index contributed by atoms with van der Waals surface area (Å²) < 4.78 is 35.7. The number of ether oxygens (including phenoxy) is 6. The number of aliphatic hydroxyl groups excluding tert-OH is 11. The van der Waals surface area contributed by atoms with Crippen molar-refractivity contribution >= 4 is 5.97 Å². The van der Waals surface area contributed by atoms with Gasteiger partial charge in [-0.05, 0) is 103 Å². The molecule has 5 aliphatic carbocycles. The molecule has 0 aromatic carbocycles. The van der Waals surface area contributed by atoms with E-state index < -0.39 is 134 Å². The Morgan fingerprint density at radius 3 is 1.94 bits per heavy atom. The van der Waals surface area contributed by atoms with Gasteiger partial charge in [0.2, 0.25) is 6.29 Å². The minimum atomic E-state index is -1.71. The van der Waals surface area contributed by atoms with Crippen molar-refractivity contribution in [3.63, 3.8) is 0 Å². The highest BCUT2D eigenvalue weighted by molar-refractivity contribution is 5.79. The zero-order valence-corrected chi connectivity index (χ0v) is 38.8. The summed E-state index contributed by atoms with van der Waals surface area (Å²) in [5.41, 5.74) is -1.52. The Bertz CT molecular complexity index is 1780. The average Bonchev–Trinajstić information content (AvgIpc) is 3.24. The number of allylic oxidation sites excluding steroid dienone is 2. The molecule has 0 amide bonds. The summed E-state index contributed by atoms with van der Waals surface area (Å²) in [7, 11) is 0. The van der Waals surface area contributed by atoms with Gasteiger partial charge in [-0.3, -0.25) is 4.79 Å². The van der Waals surface area contributed by atoms with Gasteiger partial charge in [0.1, 0.15) is 67.1 Å². The van der Waals surface area contributed by atoms with Crippen molar-refractivity contribution in [2.45, 2.75) is 204 Å². The molecular formula is C47H76O18. The van der Waals surface area contributed by atoms with Crippen LogP contribution in [0.2, 0.25) is 0 Å². The van der Waals surface area contributed by atoms with Gasteiger partial charge < -0.3 is 84.6 Å². The van der Waals surface area contributed by atoms with E-state index in [0.717, 1.165) is 25.7 Å². The third kappa shape index (κ3) is 7.80. The molecule has 8 aliphatic rings. The first-order valence-electron chi connectivity index (χ1n) is 23.8. The molecule has 0 radical (unpaired) electrons. The summed E-state index contributed by atoms with van der Waals surface area (Å²) in [5.74, 6) is -0.589. The molecule has 4 saturated carbocycles. The Kier molecular flexibility index (Phi) is 13.4. The molecule has 0 aromatic heterocycles. The number of carbonyl (C=O) groups excluding carboxylic acids is 1. The summed E-state index contributed by atoms with van der Waals surface area (Å²) >= 11 is 0. The smallest absolute Gasteiger partial charge is 0.315 e. The molecular weight excluding hydrogens is 852 g/mol. The average molecular weight is 929 g/mol. The second kappa shape index (κ2) is 17.5. The van der Waals surface area contributed by atoms with Crippen molar-refractivity contribution in [1.82, 2.24) is 0 Å². The maximum atomic E-state index is 14.7. The van der Waals surface area contributed by atoms with Crippen LogP contribution in [0.15, 0.2) is 11.6 Å². The maximum Gasteiger partial charge on any atom is 0.315 e. The van der Waals surface area contributed by atoms with Crippen LogP contribution in [0, 0.1) is 50.2 Å². The lowest BCUT2D eigenvalue weighted by atomic mass is 9.33. The molecule has 65 heavy (non-hydrogen) atoms. The molecule has 372 valence electrons. The summed E-state index contributed by atoms with van der Waals surface area (Å²) in [4.78, 5) is 14.7. The Balaban J connectivity index is 1.06. The van der Waals surface area contributed by atoms with Crippen LogP contribution >= 0.6 is 0 Å². The molecule has 3 aliphatic heterocycles. The number of esters is 1. The van der Waals surface area contributed by atoms with Crippen molar-refractivity contribution in [2.24, 2.45) is 50.2 Å². The van der Waals surface area contributed by atoms with Gasteiger partial charge in [0, 0.05) is 0 Å². The first kappa shape index (κ1) is 50.0. The molecule has 11 N–H and O–H groups in total. The van der Waals surface area contributed by atoms with Crippen LogP contribution in [0.4, 0.5) is 0 Å². The quantitative estimate of drug-likeness (QED) is 0.0850. The van der Waals surface area contributed by atoms with Crippen LogP contribution in [0.5, 0.6) is 0 Å². The number of hydrogen-bond acceptors (Lipinski definition) is 18. The summed E-state index contributed by atoms with van der Waals surface area (Å²) in [6.45, 7) is 13.8. The zero-order valence-electron chi connectivity index (χ0n) is 38.8. The lowest BCUT2D eigenvalue weighted by Crippen LogP contribution is -2.69. The molecule has 8 rings (SSSR count). The van der Waals surface area contributed by atoms with E-state index >= 15 is 0 Å². The second-order valence-corrected chi connectivity index (χ2v) is 23.2. The van der Waals surface area contributed by atoms with Crippen molar-refractivity contribution in [1.29, 1.82) is 0 Å². The SMILES string of the molecule is CC1(C)CC[C@]2(C(=O)O[C@@H]3O[C@H](CO)[C@@H](O)[C@H](O)[C@H]3O)CC[C@]3(C)C(=CC[C@@H]4[C@@]5(C)C[C@H](O)[C@H](O[C@@H]6O[C@H](CO)[C@@H](O)[C@H](O)[C@H]6O[C@@H]6OC[C@H](O)[C@H](O)[C@H]6O)C(C)(C)[C@@H]5CC[C@]43C)[C@@H]2C1. The van der Waals surface area contributed by atoms with Crippen molar-refractivity contribution < 1.29 is 89.4 Å². The van der Waals surface area contributed by atoms with Gasteiger partial charge in [0.05, 0.1) is 37.4 Å². The molecule has 0 spiro atoms. The van der Waals surface area contributed by atoms with Crippen LogP contribution < -0.4 is 0 Å². The van der Waals surface area contributed by atoms with E-state index in [2.05, 4.69) is 54.5 Å². The van der Waals surface area contributed by atoms with E-state index in [4.69, 9.17) is 28.4 Å².